The minimum atomic E-state index is 0.218. The van der Waals surface area contributed by atoms with Gasteiger partial charge in [-0.15, -0.1) is 0 Å². The van der Waals surface area contributed by atoms with Crippen LogP contribution in [0.25, 0.3) is 0 Å². The summed E-state index contributed by atoms with van der Waals surface area (Å²) in [6, 6.07) is 6.34. The molecule has 1 saturated heterocycles. The SMILES string of the molecule is CN=C(NCC(c1ccc(C)o1)N1CCCC1)N(C)Cc1cc(Cl)cn1C. The van der Waals surface area contributed by atoms with E-state index in [1.807, 2.05) is 51.0 Å². The van der Waals surface area contributed by atoms with Gasteiger partial charge >= 0.3 is 0 Å². The predicted octanol–water partition coefficient (Wildman–Crippen LogP) is 3.42. The number of aryl methyl sites for hydroxylation is 2. The van der Waals surface area contributed by atoms with Crippen molar-refractivity contribution in [3.8, 4) is 0 Å². The second-order valence-electron chi connectivity index (χ2n) is 7.25. The Balaban J connectivity index is 1.66. The van der Waals surface area contributed by atoms with Gasteiger partial charge in [0.05, 0.1) is 17.6 Å². The van der Waals surface area contributed by atoms with E-state index in [-0.39, 0.29) is 6.04 Å². The Hall–Kier alpha value is -1.92. The summed E-state index contributed by atoms with van der Waals surface area (Å²) >= 11 is 6.11. The van der Waals surface area contributed by atoms with Crippen LogP contribution in [-0.4, -0.2) is 54.1 Å². The maximum Gasteiger partial charge on any atom is 0.193 e. The predicted molar refractivity (Wildman–Crippen MR) is 110 cm³/mol. The smallest absolute Gasteiger partial charge is 0.193 e. The van der Waals surface area contributed by atoms with Gasteiger partial charge in [0, 0.05) is 39.6 Å². The van der Waals surface area contributed by atoms with Crippen molar-refractivity contribution in [2.24, 2.45) is 12.0 Å². The lowest BCUT2D eigenvalue weighted by Crippen LogP contribution is -2.43. The largest absolute Gasteiger partial charge is 0.465 e. The van der Waals surface area contributed by atoms with Crippen LogP contribution in [-0.2, 0) is 13.6 Å². The topological polar surface area (TPSA) is 48.9 Å². The lowest BCUT2D eigenvalue weighted by molar-refractivity contribution is 0.212. The standard InChI is InChI=1S/C20H30ClN5O/c1-15-7-8-19(27-15)18(26-9-5-6-10-26)12-23-20(22-2)25(4)14-17-11-16(21)13-24(17)3/h7-8,11,13,18H,5-6,9-10,12,14H2,1-4H3,(H,22,23). The third-order valence-electron chi connectivity index (χ3n) is 5.17. The summed E-state index contributed by atoms with van der Waals surface area (Å²) in [5.41, 5.74) is 1.14. The Bertz CT molecular complexity index is 775. The summed E-state index contributed by atoms with van der Waals surface area (Å²) in [6.45, 7) is 5.72. The van der Waals surface area contributed by atoms with Gasteiger partial charge in [-0.3, -0.25) is 9.89 Å². The van der Waals surface area contributed by atoms with E-state index >= 15 is 0 Å². The average Bonchev–Trinajstić information content (AvgIpc) is 3.35. The normalized spacial score (nSPS) is 16.7. The first kappa shape index (κ1) is 19.8. The van der Waals surface area contributed by atoms with Crippen molar-refractivity contribution in [2.45, 2.75) is 32.4 Å². The number of rotatable bonds is 6. The first-order valence-corrected chi connectivity index (χ1v) is 9.88. The zero-order valence-corrected chi connectivity index (χ0v) is 17.5. The molecule has 0 saturated carbocycles. The third kappa shape index (κ3) is 4.87. The van der Waals surface area contributed by atoms with Crippen LogP contribution in [0.4, 0.5) is 0 Å². The van der Waals surface area contributed by atoms with Crippen LogP contribution in [0.1, 0.15) is 36.1 Å². The molecule has 0 bridgehead atoms. The molecule has 2 aromatic heterocycles. The first-order valence-electron chi connectivity index (χ1n) is 9.51. The Morgan fingerprint density at radius 2 is 2.11 bits per heavy atom. The second kappa shape index (κ2) is 8.85. The number of likely N-dealkylation sites (tertiary alicyclic amines) is 1. The Morgan fingerprint density at radius 1 is 1.37 bits per heavy atom. The van der Waals surface area contributed by atoms with Crippen LogP contribution in [0.2, 0.25) is 5.02 Å². The number of guanidine groups is 1. The molecule has 3 rings (SSSR count). The van der Waals surface area contributed by atoms with Crippen molar-refractivity contribution < 1.29 is 4.42 Å². The molecule has 0 amide bonds. The summed E-state index contributed by atoms with van der Waals surface area (Å²) in [5.74, 6) is 2.84. The van der Waals surface area contributed by atoms with Crippen molar-refractivity contribution >= 4 is 17.6 Å². The lowest BCUT2D eigenvalue weighted by Gasteiger charge is -2.29. The molecule has 148 valence electrons. The number of nitrogens with one attached hydrogen (secondary N) is 1. The molecule has 1 aliphatic heterocycles. The van der Waals surface area contributed by atoms with E-state index in [1.165, 1.54) is 12.8 Å². The van der Waals surface area contributed by atoms with E-state index in [2.05, 4.69) is 26.2 Å². The van der Waals surface area contributed by atoms with Crippen molar-refractivity contribution in [2.75, 3.05) is 33.7 Å². The molecule has 1 N–H and O–H groups in total. The van der Waals surface area contributed by atoms with Crippen LogP contribution in [0.15, 0.2) is 33.8 Å². The lowest BCUT2D eigenvalue weighted by atomic mass is 10.2. The van der Waals surface area contributed by atoms with E-state index in [0.717, 1.165) is 54.4 Å². The van der Waals surface area contributed by atoms with E-state index in [9.17, 15) is 0 Å². The minimum Gasteiger partial charge on any atom is -0.465 e. The number of nitrogens with zero attached hydrogens (tertiary/aromatic N) is 4. The molecule has 6 nitrogen and oxygen atoms in total. The molecule has 0 aromatic carbocycles. The molecule has 0 aliphatic carbocycles. The van der Waals surface area contributed by atoms with Crippen molar-refractivity contribution in [3.05, 3.63) is 46.6 Å². The van der Waals surface area contributed by atoms with Crippen LogP contribution in [0.5, 0.6) is 0 Å². The molecule has 0 spiro atoms. The number of aromatic nitrogens is 1. The number of hydrogen-bond donors (Lipinski definition) is 1. The van der Waals surface area contributed by atoms with Gasteiger partial charge in [-0.25, -0.2) is 0 Å². The van der Waals surface area contributed by atoms with Gasteiger partial charge in [-0.05, 0) is 51.1 Å². The average molecular weight is 392 g/mol. The first-order chi connectivity index (χ1) is 13.0. The molecule has 27 heavy (non-hydrogen) atoms. The summed E-state index contributed by atoms with van der Waals surface area (Å²) in [4.78, 5) is 9.06. The van der Waals surface area contributed by atoms with E-state index < -0.39 is 0 Å². The molecular weight excluding hydrogens is 362 g/mol. The van der Waals surface area contributed by atoms with Gasteiger partial charge in [0.2, 0.25) is 0 Å². The molecule has 0 radical (unpaired) electrons. The highest BCUT2D eigenvalue weighted by Crippen LogP contribution is 2.26. The fourth-order valence-electron chi connectivity index (χ4n) is 3.71. The maximum absolute atomic E-state index is 6.11. The molecule has 1 fully saturated rings. The Labute approximate surface area is 166 Å². The molecular formula is C20H30ClN5O. The summed E-state index contributed by atoms with van der Waals surface area (Å²) < 4.78 is 7.99. The van der Waals surface area contributed by atoms with Crippen LogP contribution in [0, 0.1) is 6.92 Å². The highest BCUT2D eigenvalue weighted by atomic mass is 35.5. The molecule has 2 aromatic rings. The quantitative estimate of drug-likeness (QED) is 0.605. The van der Waals surface area contributed by atoms with Gasteiger partial charge in [0.25, 0.3) is 0 Å². The molecule has 1 aliphatic rings. The Morgan fingerprint density at radius 3 is 2.67 bits per heavy atom. The second-order valence-corrected chi connectivity index (χ2v) is 7.69. The number of hydrogen-bond acceptors (Lipinski definition) is 3. The zero-order chi connectivity index (χ0) is 19.4. The monoisotopic (exact) mass is 391 g/mol. The fourth-order valence-corrected chi connectivity index (χ4v) is 3.98. The molecule has 1 unspecified atom stereocenters. The van der Waals surface area contributed by atoms with Crippen LogP contribution >= 0.6 is 11.6 Å². The van der Waals surface area contributed by atoms with E-state index in [4.69, 9.17) is 16.0 Å². The minimum absolute atomic E-state index is 0.218. The number of furan rings is 1. The van der Waals surface area contributed by atoms with Gasteiger partial charge in [-0.1, -0.05) is 11.6 Å². The van der Waals surface area contributed by atoms with Gasteiger partial charge < -0.3 is 19.2 Å². The highest BCUT2D eigenvalue weighted by Gasteiger charge is 2.26. The number of halogens is 1. The molecule has 1 atom stereocenters. The van der Waals surface area contributed by atoms with Gasteiger partial charge in [-0.2, -0.15) is 0 Å². The van der Waals surface area contributed by atoms with E-state index in [0.29, 0.717) is 0 Å². The molecule has 3 heterocycles. The summed E-state index contributed by atoms with van der Waals surface area (Å²) in [6.07, 6.45) is 4.42. The van der Waals surface area contributed by atoms with Gasteiger partial charge in [0.15, 0.2) is 5.96 Å². The van der Waals surface area contributed by atoms with E-state index in [1.54, 1.807) is 0 Å². The van der Waals surface area contributed by atoms with Crippen LogP contribution in [0.3, 0.4) is 0 Å². The van der Waals surface area contributed by atoms with Crippen molar-refractivity contribution in [1.82, 2.24) is 19.7 Å². The summed E-state index contributed by atoms with van der Waals surface area (Å²) in [7, 11) is 5.87. The highest BCUT2D eigenvalue weighted by molar-refractivity contribution is 6.30. The van der Waals surface area contributed by atoms with Crippen molar-refractivity contribution in [1.29, 1.82) is 0 Å². The fraction of sp³-hybridized carbons (Fsp3) is 0.550. The molecule has 7 heteroatoms. The Kier molecular flexibility index (Phi) is 6.50. The van der Waals surface area contributed by atoms with Crippen LogP contribution < -0.4 is 5.32 Å². The zero-order valence-electron chi connectivity index (χ0n) is 16.7. The summed E-state index contributed by atoms with van der Waals surface area (Å²) in [5, 5.41) is 4.29. The number of aliphatic imine (C=N–C) groups is 1. The van der Waals surface area contributed by atoms with Gasteiger partial charge in [0.1, 0.15) is 11.5 Å². The maximum atomic E-state index is 6.11. The third-order valence-corrected chi connectivity index (χ3v) is 5.38. The van der Waals surface area contributed by atoms with Crippen molar-refractivity contribution in [3.63, 3.8) is 0 Å².